The van der Waals surface area contributed by atoms with Crippen molar-refractivity contribution < 1.29 is 23.8 Å². The van der Waals surface area contributed by atoms with E-state index in [1.165, 1.54) is 25.6 Å². The van der Waals surface area contributed by atoms with Crippen molar-refractivity contribution in [3.05, 3.63) is 75.0 Å². The minimum absolute atomic E-state index is 0.170. The molecule has 0 unspecified atom stereocenters. The Kier molecular flexibility index (Phi) is 8.39. The molecule has 0 atom stereocenters. The fraction of sp³-hybridized carbons (Fsp3) is 0.292. The maximum atomic E-state index is 12.9. The minimum atomic E-state index is -0.392. The summed E-state index contributed by atoms with van der Waals surface area (Å²) in [4.78, 5) is 30.4. The fourth-order valence-electron chi connectivity index (χ4n) is 3.23. The Morgan fingerprint density at radius 2 is 1.82 bits per heavy atom. The Balaban J connectivity index is 1.90. The molecule has 33 heavy (non-hydrogen) atoms. The molecule has 8 nitrogen and oxygen atoms in total. The van der Waals surface area contributed by atoms with Crippen LogP contribution in [0.5, 0.6) is 11.5 Å². The predicted molar refractivity (Wildman–Crippen MR) is 126 cm³/mol. The molecule has 1 heterocycles. The van der Waals surface area contributed by atoms with Gasteiger partial charge in [0.1, 0.15) is 0 Å². The van der Waals surface area contributed by atoms with Gasteiger partial charge in [0.2, 0.25) is 0 Å². The van der Waals surface area contributed by atoms with Crippen LogP contribution in [-0.2, 0) is 11.3 Å². The van der Waals surface area contributed by atoms with Crippen LogP contribution in [0.1, 0.15) is 32.0 Å². The molecule has 0 bridgehead atoms. The van der Waals surface area contributed by atoms with Crippen LogP contribution in [0.15, 0.2) is 52.8 Å². The number of nitrogens with one attached hydrogen (secondary N) is 1. The van der Waals surface area contributed by atoms with Crippen molar-refractivity contribution in [1.82, 2.24) is 9.88 Å². The van der Waals surface area contributed by atoms with Gasteiger partial charge in [0.05, 0.1) is 27.4 Å². The first kappa shape index (κ1) is 24.2. The summed E-state index contributed by atoms with van der Waals surface area (Å²) in [6.45, 7) is 3.21. The van der Waals surface area contributed by atoms with Crippen LogP contribution in [0.4, 0.5) is 0 Å². The molecule has 0 aliphatic rings. The molecule has 3 rings (SSSR count). The molecule has 3 aromatic rings. The van der Waals surface area contributed by atoms with Crippen molar-refractivity contribution in [3.8, 4) is 11.5 Å². The van der Waals surface area contributed by atoms with Gasteiger partial charge in [-0.05, 0) is 36.8 Å². The maximum Gasteiger partial charge on any atom is 0.279 e. The van der Waals surface area contributed by atoms with Crippen molar-refractivity contribution in [2.45, 2.75) is 13.5 Å². The number of benzene rings is 2. The highest BCUT2D eigenvalue weighted by Crippen LogP contribution is 2.27. The molecule has 0 saturated carbocycles. The van der Waals surface area contributed by atoms with Crippen LogP contribution in [0.3, 0.4) is 0 Å². The Labute approximate surface area is 196 Å². The SMILES string of the molecule is COCCNC(=O)c1ccccc1Cn1c(C)csc1=NC(=O)c1ccc(OC)c(OC)c1. The molecule has 9 heteroatoms. The largest absolute Gasteiger partial charge is 0.493 e. The lowest BCUT2D eigenvalue weighted by Gasteiger charge is -2.12. The zero-order valence-electron chi connectivity index (χ0n) is 19.1. The number of amides is 2. The number of carbonyl (C=O) groups is 2. The van der Waals surface area contributed by atoms with Crippen molar-refractivity contribution in [2.24, 2.45) is 4.99 Å². The molecule has 0 aliphatic heterocycles. The smallest absolute Gasteiger partial charge is 0.279 e. The van der Waals surface area contributed by atoms with Crippen LogP contribution < -0.4 is 19.6 Å². The molecule has 2 amide bonds. The summed E-state index contributed by atoms with van der Waals surface area (Å²) >= 11 is 1.37. The van der Waals surface area contributed by atoms with Gasteiger partial charge in [-0.1, -0.05) is 18.2 Å². The summed E-state index contributed by atoms with van der Waals surface area (Å²) in [5.74, 6) is 0.437. The molecule has 2 aromatic carbocycles. The summed E-state index contributed by atoms with van der Waals surface area (Å²) in [6, 6.07) is 12.3. The van der Waals surface area contributed by atoms with E-state index in [2.05, 4.69) is 10.3 Å². The quantitative estimate of drug-likeness (QED) is 0.487. The second kappa shape index (κ2) is 11.4. The van der Waals surface area contributed by atoms with Gasteiger partial charge in [0.15, 0.2) is 16.3 Å². The van der Waals surface area contributed by atoms with E-state index in [4.69, 9.17) is 14.2 Å². The number of aromatic nitrogens is 1. The normalized spacial score (nSPS) is 11.3. The lowest BCUT2D eigenvalue weighted by molar-refractivity contribution is 0.0934. The van der Waals surface area contributed by atoms with Crippen molar-refractivity contribution in [1.29, 1.82) is 0 Å². The number of methoxy groups -OCH3 is 3. The third kappa shape index (κ3) is 5.88. The van der Waals surface area contributed by atoms with E-state index >= 15 is 0 Å². The average molecular weight is 470 g/mol. The Morgan fingerprint density at radius 3 is 2.55 bits per heavy atom. The molecule has 0 aliphatic carbocycles. The number of rotatable bonds is 9. The van der Waals surface area contributed by atoms with Crippen LogP contribution in [0.2, 0.25) is 0 Å². The zero-order valence-corrected chi connectivity index (χ0v) is 19.9. The average Bonchev–Trinajstić information content (AvgIpc) is 3.17. The minimum Gasteiger partial charge on any atom is -0.493 e. The van der Waals surface area contributed by atoms with Gasteiger partial charge in [0, 0.05) is 35.9 Å². The van der Waals surface area contributed by atoms with E-state index in [0.29, 0.717) is 47.1 Å². The van der Waals surface area contributed by atoms with Crippen LogP contribution in [-0.4, -0.2) is 50.9 Å². The molecule has 0 fully saturated rings. The van der Waals surface area contributed by atoms with Crippen molar-refractivity contribution in [2.75, 3.05) is 34.5 Å². The lowest BCUT2D eigenvalue weighted by Crippen LogP contribution is -2.28. The summed E-state index contributed by atoms with van der Waals surface area (Å²) in [7, 11) is 4.64. The third-order valence-corrected chi connectivity index (χ3v) is 5.98. The van der Waals surface area contributed by atoms with E-state index in [1.807, 2.05) is 35.1 Å². The molecule has 0 spiro atoms. The lowest BCUT2D eigenvalue weighted by atomic mass is 10.1. The first-order chi connectivity index (χ1) is 16.0. The molecular weight excluding hydrogens is 442 g/mol. The first-order valence-corrected chi connectivity index (χ1v) is 11.2. The number of nitrogens with zero attached hydrogens (tertiary/aromatic N) is 2. The van der Waals surface area contributed by atoms with E-state index in [-0.39, 0.29) is 5.91 Å². The number of carbonyl (C=O) groups excluding carboxylic acids is 2. The third-order valence-electron chi connectivity index (χ3n) is 5.00. The molecule has 1 N–H and O–H groups in total. The zero-order chi connectivity index (χ0) is 23.8. The molecule has 174 valence electrons. The van der Waals surface area contributed by atoms with E-state index < -0.39 is 5.91 Å². The van der Waals surface area contributed by atoms with Crippen molar-refractivity contribution >= 4 is 23.2 Å². The van der Waals surface area contributed by atoms with E-state index in [0.717, 1.165) is 11.3 Å². The van der Waals surface area contributed by atoms with Crippen LogP contribution in [0, 0.1) is 6.92 Å². The predicted octanol–water partition coefficient (Wildman–Crippen LogP) is 3.04. The molecular formula is C24H27N3O5S. The van der Waals surface area contributed by atoms with Gasteiger partial charge in [-0.15, -0.1) is 11.3 Å². The van der Waals surface area contributed by atoms with E-state index in [9.17, 15) is 9.59 Å². The Hall–Kier alpha value is -3.43. The van der Waals surface area contributed by atoms with Gasteiger partial charge in [-0.25, -0.2) is 0 Å². The van der Waals surface area contributed by atoms with Crippen molar-refractivity contribution in [3.63, 3.8) is 0 Å². The highest BCUT2D eigenvalue weighted by atomic mass is 32.1. The van der Waals surface area contributed by atoms with Gasteiger partial charge < -0.3 is 24.1 Å². The highest BCUT2D eigenvalue weighted by Gasteiger charge is 2.14. The summed E-state index contributed by atoms with van der Waals surface area (Å²) in [6.07, 6.45) is 0. The van der Waals surface area contributed by atoms with Gasteiger partial charge in [-0.3, -0.25) is 9.59 Å². The second-order valence-electron chi connectivity index (χ2n) is 7.14. The molecule has 1 aromatic heterocycles. The monoisotopic (exact) mass is 469 g/mol. The van der Waals surface area contributed by atoms with Crippen LogP contribution in [0.25, 0.3) is 0 Å². The number of aryl methyl sites for hydroxylation is 1. The second-order valence-corrected chi connectivity index (χ2v) is 7.97. The summed E-state index contributed by atoms with van der Waals surface area (Å²) in [5.41, 5.74) is 2.73. The fourth-order valence-corrected chi connectivity index (χ4v) is 4.10. The van der Waals surface area contributed by atoms with Gasteiger partial charge in [-0.2, -0.15) is 4.99 Å². The number of hydrogen-bond donors (Lipinski definition) is 1. The summed E-state index contributed by atoms with van der Waals surface area (Å²) < 4.78 is 17.4. The number of hydrogen-bond acceptors (Lipinski definition) is 6. The first-order valence-electron chi connectivity index (χ1n) is 10.3. The topological polar surface area (TPSA) is 91.2 Å². The highest BCUT2D eigenvalue weighted by molar-refractivity contribution is 7.07. The number of ether oxygens (including phenoxy) is 3. The molecule has 0 radical (unpaired) electrons. The Morgan fingerprint density at radius 1 is 1.06 bits per heavy atom. The summed E-state index contributed by atoms with van der Waals surface area (Å²) in [5, 5.41) is 4.79. The number of thiazole rings is 1. The Bertz CT molecular complexity index is 1200. The van der Waals surface area contributed by atoms with E-state index in [1.54, 1.807) is 31.4 Å². The molecule has 0 saturated heterocycles. The van der Waals surface area contributed by atoms with Gasteiger partial charge >= 0.3 is 0 Å². The van der Waals surface area contributed by atoms with Gasteiger partial charge in [0.25, 0.3) is 11.8 Å². The van der Waals surface area contributed by atoms with Crippen LogP contribution >= 0.6 is 11.3 Å². The maximum absolute atomic E-state index is 12.9. The standard InChI is InChI=1S/C24H27N3O5S/c1-16-15-33-24(26-22(28)17-9-10-20(31-3)21(13-17)32-4)27(16)14-18-7-5-6-8-19(18)23(29)25-11-12-30-2/h5-10,13,15H,11-12,14H2,1-4H3,(H,25,29).